The van der Waals surface area contributed by atoms with E-state index < -0.39 is 0 Å². The molecule has 1 aliphatic heterocycles. The number of amides is 1. The van der Waals surface area contributed by atoms with Crippen LogP contribution >= 0.6 is 11.8 Å². The van der Waals surface area contributed by atoms with Crippen LogP contribution in [-0.4, -0.2) is 27.3 Å². The quantitative estimate of drug-likeness (QED) is 0.893. The van der Waals surface area contributed by atoms with Crippen LogP contribution in [0.2, 0.25) is 0 Å². The maximum atomic E-state index is 11.9. The molecule has 1 saturated heterocycles. The fourth-order valence-electron chi connectivity index (χ4n) is 2.17. The predicted molar refractivity (Wildman–Crippen MR) is 67.0 cm³/mol. The van der Waals surface area contributed by atoms with Crippen LogP contribution < -0.4 is 5.32 Å². The standard InChI is InChI=1S/C12H17N3OS/c16-11-10(3-1-2-6-13-11)17-12-14-7-8-15(12)9-4-5-9/h7-10H,1-6H2,(H,13,16)/t10-/m1/s1. The number of carbonyl (C=O) groups is 1. The van der Waals surface area contributed by atoms with Crippen molar-refractivity contribution in [1.82, 2.24) is 14.9 Å². The Morgan fingerprint density at radius 3 is 3.06 bits per heavy atom. The van der Waals surface area contributed by atoms with Crippen LogP contribution in [0.3, 0.4) is 0 Å². The Morgan fingerprint density at radius 2 is 2.24 bits per heavy atom. The molecule has 1 aromatic rings. The molecule has 0 bridgehead atoms. The van der Waals surface area contributed by atoms with Gasteiger partial charge in [0.1, 0.15) is 0 Å². The second kappa shape index (κ2) is 4.72. The summed E-state index contributed by atoms with van der Waals surface area (Å²) in [6, 6.07) is 0.633. The van der Waals surface area contributed by atoms with E-state index in [4.69, 9.17) is 0 Å². The predicted octanol–water partition coefficient (Wildman–Crippen LogP) is 1.98. The van der Waals surface area contributed by atoms with Gasteiger partial charge in [-0.2, -0.15) is 0 Å². The van der Waals surface area contributed by atoms with E-state index in [1.165, 1.54) is 12.8 Å². The van der Waals surface area contributed by atoms with Gasteiger partial charge < -0.3 is 9.88 Å². The Bertz CT molecular complexity index is 414. The van der Waals surface area contributed by atoms with Gasteiger partial charge in [-0.3, -0.25) is 4.79 Å². The molecule has 5 heteroatoms. The van der Waals surface area contributed by atoms with Gasteiger partial charge in [0, 0.05) is 25.0 Å². The second-order valence-corrected chi connectivity index (χ2v) is 5.91. The SMILES string of the molecule is O=C1NCCCC[C@H]1Sc1nccn1C1CC1. The Hall–Kier alpha value is -0.970. The molecule has 2 fully saturated rings. The highest BCUT2D eigenvalue weighted by Crippen LogP contribution is 2.39. The fourth-order valence-corrected chi connectivity index (χ4v) is 3.35. The summed E-state index contributed by atoms with van der Waals surface area (Å²) >= 11 is 1.63. The molecule has 92 valence electrons. The molecular weight excluding hydrogens is 234 g/mol. The van der Waals surface area contributed by atoms with Gasteiger partial charge in [-0.05, 0) is 25.7 Å². The van der Waals surface area contributed by atoms with Crippen LogP contribution in [0.1, 0.15) is 38.1 Å². The molecule has 1 N–H and O–H groups in total. The van der Waals surface area contributed by atoms with E-state index in [-0.39, 0.29) is 11.2 Å². The Morgan fingerprint density at radius 1 is 1.35 bits per heavy atom. The Kier molecular flexibility index (Phi) is 3.09. The van der Waals surface area contributed by atoms with E-state index in [1.54, 1.807) is 11.8 Å². The largest absolute Gasteiger partial charge is 0.355 e. The molecule has 2 heterocycles. The normalized spacial score (nSPS) is 25.4. The molecule has 17 heavy (non-hydrogen) atoms. The number of hydrogen-bond donors (Lipinski definition) is 1. The molecule has 3 rings (SSSR count). The zero-order valence-corrected chi connectivity index (χ0v) is 10.6. The van der Waals surface area contributed by atoms with Crippen molar-refractivity contribution in [3.63, 3.8) is 0 Å². The number of rotatable bonds is 3. The molecular formula is C12H17N3OS. The molecule has 4 nitrogen and oxygen atoms in total. The van der Waals surface area contributed by atoms with Gasteiger partial charge in [0.2, 0.25) is 5.91 Å². The van der Waals surface area contributed by atoms with Gasteiger partial charge in [0.15, 0.2) is 5.16 Å². The topological polar surface area (TPSA) is 46.9 Å². The highest BCUT2D eigenvalue weighted by atomic mass is 32.2. The molecule has 1 saturated carbocycles. The van der Waals surface area contributed by atoms with Crippen LogP contribution in [0, 0.1) is 0 Å². The van der Waals surface area contributed by atoms with Crippen LogP contribution in [0.25, 0.3) is 0 Å². The van der Waals surface area contributed by atoms with Crippen molar-refractivity contribution in [2.75, 3.05) is 6.54 Å². The molecule has 0 radical (unpaired) electrons. The first-order valence-corrected chi connectivity index (χ1v) is 7.20. The maximum absolute atomic E-state index is 11.9. The molecule has 0 spiro atoms. The van der Waals surface area contributed by atoms with Crippen molar-refractivity contribution < 1.29 is 4.79 Å². The third kappa shape index (κ3) is 2.49. The first kappa shape index (κ1) is 11.1. The zero-order chi connectivity index (χ0) is 11.7. The van der Waals surface area contributed by atoms with Crippen LogP contribution in [-0.2, 0) is 4.79 Å². The van der Waals surface area contributed by atoms with Crippen LogP contribution in [0.5, 0.6) is 0 Å². The Labute approximate surface area is 105 Å². The lowest BCUT2D eigenvalue weighted by molar-refractivity contribution is -0.120. The maximum Gasteiger partial charge on any atom is 0.233 e. The van der Waals surface area contributed by atoms with E-state index in [0.717, 1.165) is 31.0 Å². The lowest BCUT2D eigenvalue weighted by atomic mass is 10.2. The summed E-state index contributed by atoms with van der Waals surface area (Å²) in [4.78, 5) is 16.3. The van der Waals surface area contributed by atoms with E-state index in [0.29, 0.717) is 6.04 Å². The number of hydrogen-bond acceptors (Lipinski definition) is 3. The summed E-state index contributed by atoms with van der Waals surface area (Å²) in [5, 5.41) is 4.02. The highest BCUT2D eigenvalue weighted by Gasteiger charge is 2.28. The van der Waals surface area contributed by atoms with Crippen molar-refractivity contribution >= 4 is 17.7 Å². The summed E-state index contributed by atoms with van der Waals surface area (Å²) in [6.07, 6.45) is 9.57. The fraction of sp³-hybridized carbons (Fsp3) is 0.667. The summed E-state index contributed by atoms with van der Waals surface area (Å²) in [5.74, 6) is 0.179. The van der Waals surface area contributed by atoms with E-state index in [1.807, 2.05) is 12.4 Å². The number of nitrogens with one attached hydrogen (secondary N) is 1. The lowest BCUT2D eigenvalue weighted by Gasteiger charge is -2.13. The summed E-state index contributed by atoms with van der Waals surface area (Å²) in [6.45, 7) is 0.826. The Balaban J connectivity index is 1.71. The minimum Gasteiger partial charge on any atom is -0.355 e. The number of nitrogens with zero attached hydrogens (tertiary/aromatic N) is 2. The monoisotopic (exact) mass is 251 g/mol. The smallest absolute Gasteiger partial charge is 0.233 e. The summed E-state index contributed by atoms with van der Waals surface area (Å²) in [7, 11) is 0. The lowest BCUT2D eigenvalue weighted by Crippen LogP contribution is -2.30. The third-order valence-corrected chi connectivity index (χ3v) is 4.57. The van der Waals surface area contributed by atoms with Gasteiger partial charge in [0.05, 0.1) is 5.25 Å². The van der Waals surface area contributed by atoms with Crippen LogP contribution in [0.4, 0.5) is 0 Å². The molecule has 0 aromatic carbocycles. The van der Waals surface area contributed by atoms with Gasteiger partial charge >= 0.3 is 0 Å². The van der Waals surface area contributed by atoms with E-state index in [9.17, 15) is 4.79 Å². The van der Waals surface area contributed by atoms with E-state index in [2.05, 4.69) is 14.9 Å². The number of carbonyl (C=O) groups excluding carboxylic acids is 1. The minimum absolute atomic E-state index is 0.0393. The first-order chi connectivity index (χ1) is 8.34. The first-order valence-electron chi connectivity index (χ1n) is 6.32. The highest BCUT2D eigenvalue weighted by molar-refractivity contribution is 8.00. The molecule has 2 aliphatic rings. The van der Waals surface area contributed by atoms with Crippen molar-refractivity contribution in [2.45, 2.75) is 48.6 Å². The summed E-state index contributed by atoms with van der Waals surface area (Å²) < 4.78 is 2.23. The molecule has 0 unspecified atom stereocenters. The average Bonchev–Trinajstić information content (AvgIpc) is 3.09. The zero-order valence-electron chi connectivity index (χ0n) is 9.76. The van der Waals surface area contributed by atoms with Gasteiger partial charge in [0.25, 0.3) is 0 Å². The van der Waals surface area contributed by atoms with Gasteiger partial charge in [-0.1, -0.05) is 18.2 Å². The average molecular weight is 251 g/mol. The molecule has 1 aromatic heterocycles. The van der Waals surface area contributed by atoms with Crippen molar-refractivity contribution in [2.24, 2.45) is 0 Å². The minimum atomic E-state index is 0.0393. The van der Waals surface area contributed by atoms with Crippen LogP contribution in [0.15, 0.2) is 17.6 Å². The van der Waals surface area contributed by atoms with Gasteiger partial charge in [-0.25, -0.2) is 4.98 Å². The second-order valence-electron chi connectivity index (χ2n) is 4.74. The number of imidazole rings is 1. The molecule has 1 aliphatic carbocycles. The molecule has 1 amide bonds. The number of aromatic nitrogens is 2. The number of thioether (sulfide) groups is 1. The van der Waals surface area contributed by atoms with E-state index >= 15 is 0 Å². The van der Waals surface area contributed by atoms with Crippen molar-refractivity contribution in [3.05, 3.63) is 12.4 Å². The molecule has 1 atom stereocenters. The van der Waals surface area contributed by atoms with Crippen molar-refractivity contribution in [3.8, 4) is 0 Å². The third-order valence-electron chi connectivity index (χ3n) is 3.31. The van der Waals surface area contributed by atoms with Crippen molar-refractivity contribution in [1.29, 1.82) is 0 Å². The van der Waals surface area contributed by atoms with Gasteiger partial charge in [-0.15, -0.1) is 0 Å². The summed E-state index contributed by atoms with van der Waals surface area (Å²) in [5.41, 5.74) is 0.